The maximum atomic E-state index is 12.3. The van der Waals surface area contributed by atoms with Crippen LogP contribution in [-0.4, -0.2) is 18.8 Å². The number of benzene rings is 1. The summed E-state index contributed by atoms with van der Waals surface area (Å²) >= 11 is 1.33. The summed E-state index contributed by atoms with van der Waals surface area (Å²) in [5, 5.41) is 4.82. The molecule has 1 N–H and O–H groups in total. The van der Waals surface area contributed by atoms with Crippen molar-refractivity contribution in [3.63, 3.8) is 0 Å². The van der Waals surface area contributed by atoms with Crippen LogP contribution in [0.1, 0.15) is 41.8 Å². The van der Waals surface area contributed by atoms with Crippen molar-refractivity contribution in [3.05, 3.63) is 40.6 Å². The van der Waals surface area contributed by atoms with Gasteiger partial charge in [-0.3, -0.25) is 4.79 Å². The van der Waals surface area contributed by atoms with Gasteiger partial charge in [-0.2, -0.15) is 0 Å². The number of carbonyl (C=O) groups excluding carboxylic acids is 1. The van der Waals surface area contributed by atoms with E-state index in [1.807, 2.05) is 5.38 Å². The third-order valence-corrected chi connectivity index (χ3v) is 5.45. The van der Waals surface area contributed by atoms with Gasteiger partial charge in [0.05, 0.1) is 4.88 Å². The van der Waals surface area contributed by atoms with Crippen LogP contribution in [0.25, 0.3) is 11.1 Å². The number of hydrogen-bond acceptors (Lipinski definition) is 3. The van der Waals surface area contributed by atoms with Crippen molar-refractivity contribution in [2.75, 3.05) is 6.54 Å². The van der Waals surface area contributed by atoms with E-state index in [-0.39, 0.29) is 11.7 Å². The molecule has 1 aromatic carbocycles. The van der Waals surface area contributed by atoms with E-state index >= 15 is 0 Å². The number of hydrogen-bond donors (Lipinski definition) is 1. The molecule has 1 heterocycles. The first-order chi connectivity index (χ1) is 12.4. The number of nitrogens with one attached hydrogen (secondary N) is 1. The van der Waals surface area contributed by atoms with Crippen LogP contribution in [0.5, 0.6) is 5.75 Å². The highest BCUT2D eigenvalue weighted by atomic mass is 32.1. The molecule has 1 amide bonds. The molecule has 1 aliphatic carbocycles. The van der Waals surface area contributed by atoms with Crippen LogP contribution in [-0.2, 0) is 0 Å². The van der Waals surface area contributed by atoms with Gasteiger partial charge in [-0.05, 0) is 53.5 Å². The highest BCUT2D eigenvalue weighted by Gasteiger charge is 2.31. The first-order valence-corrected chi connectivity index (χ1v) is 9.51. The average molecular weight is 383 g/mol. The lowest BCUT2D eigenvalue weighted by molar-refractivity contribution is -0.274. The molecular weight excluding hydrogens is 363 g/mol. The van der Waals surface area contributed by atoms with Crippen LogP contribution in [0, 0.1) is 5.92 Å². The molecule has 0 spiro atoms. The van der Waals surface area contributed by atoms with Gasteiger partial charge in [-0.1, -0.05) is 31.4 Å². The molecule has 3 rings (SSSR count). The van der Waals surface area contributed by atoms with Gasteiger partial charge in [-0.25, -0.2) is 0 Å². The molecule has 26 heavy (non-hydrogen) atoms. The van der Waals surface area contributed by atoms with Gasteiger partial charge in [0.2, 0.25) is 0 Å². The predicted molar refractivity (Wildman–Crippen MR) is 95.3 cm³/mol. The third-order valence-electron chi connectivity index (χ3n) is 4.52. The second-order valence-electron chi connectivity index (χ2n) is 6.49. The lowest BCUT2D eigenvalue weighted by atomic mass is 9.89. The SMILES string of the molecule is O=C(NCC1CCCCC1)c1cc(-c2ccc(OC(F)(F)F)cc2)cs1. The zero-order valence-corrected chi connectivity index (χ0v) is 15.0. The maximum absolute atomic E-state index is 12.3. The molecule has 0 radical (unpaired) electrons. The second kappa shape index (κ2) is 8.12. The van der Waals surface area contributed by atoms with Gasteiger partial charge in [0.1, 0.15) is 5.75 Å². The molecule has 0 saturated heterocycles. The number of alkyl halides is 3. The lowest BCUT2D eigenvalue weighted by Gasteiger charge is -2.21. The van der Waals surface area contributed by atoms with Crippen LogP contribution >= 0.6 is 11.3 Å². The fourth-order valence-corrected chi connectivity index (χ4v) is 4.00. The minimum Gasteiger partial charge on any atom is -0.406 e. The average Bonchev–Trinajstić information content (AvgIpc) is 3.10. The maximum Gasteiger partial charge on any atom is 0.573 e. The molecule has 7 heteroatoms. The molecule has 3 nitrogen and oxygen atoms in total. The topological polar surface area (TPSA) is 38.3 Å². The Morgan fingerprint density at radius 2 is 1.81 bits per heavy atom. The fourth-order valence-electron chi connectivity index (χ4n) is 3.17. The van der Waals surface area contributed by atoms with E-state index in [0.29, 0.717) is 17.3 Å². The van der Waals surface area contributed by atoms with E-state index in [4.69, 9.17) is 0 Å². The molecular formula is C19H20F3NO2S. The van der Waals surface area contributed by atoms with Gasteiger partial charge in [0.15, 0.2) is 0 Å². The molecule has 0 bridgehead atoms. The number of amides is 1. The monoisotopic (exact) mass is 383 g/mol. The minimum atomic E-state index is -4.70. The van der Waals surface area contributed by atoms with Gasteiger partial charge < -0.3 is 10.1 Å². The quantitative estimate of drug-likeness (QED) is 0.727. The molecule has 0 aliphatic heterocycles. The highest BCUT2D eigenvalue weighted by molar-refractivity contribution is 7.12. The van der Waals surface area contributed by atoms with E-state index in [0.717, 1.165) is 11.1 Å². The molecule has 140 valence electrons. The third kappa shape index (κ3) is 5.24. The smallest absolute Gasteiger partial charge is 0.406 e. The number of ether oxygens (including phenoxy) is 1. The van der Waals surface area contributed by atoms with Gasteiger partial charge >= 0.3 is 6.36 Å². The number of thiophene rings is 1. The Morgan fingerprint density at radius 1 is 1.12 bits per heavy atom. The van der Waals surface area contributed by atoms with Crippen LogP contribution in [0.2, 0.25) is 0 Å². The summed E-state index contributed by atoms with van der Waals surface area (Å²) in [4.78, 5) is 12.9. The minimum absolute atomic E-state index is 0.0937. The molecule has 1 aromatic heterocycles. The summed E-state index contributed by atoms with van der Waals surface area (Å²) in [6.45, 7) is 0.704. The van der Waals surface area contributed by atoms with E-state index in [1.54, 1.807) is 18.2 Å². The zero-order valence-electron chi connectivity index (χ0n) is 14.1. The Balaban J connectivity index is 1.59. The fraction of sp³-hybridized carbons (Fsp3) is 0.421. The van der Waals surface area contributed by atoms with E-state index < -0.39 is 6.36 Å². The van der Waals surface area contributed by atoms with Gasteiger partial charge in [0, 0.05) is 6.54 Å². The first kappa shape index (κ1) is 18.8. The van der Waals surface area contributed by atoms with Crippen LogP contribution < -0.4 is 10.1 Å². The van der Waals surface area contributed by atoms with Gasteiger partial charge in [0.25, 0.3) is 5.91 Å². The largest absolute Gasteiger partial charge is 0.573 e. The Hall–Kier alpha value is -2.02. The van der Waals surface area contributed by atoms with E-state index in [9.17, 15) is 18.0 Å². The standard InChI is InChI=1S/C19H20F3NO2S/c20-19(21,22)25-16-8-6-14(7-9-16)15-10-17(26-12-15)18(24)23-11-13-4-2-1-3-5-13/h6-10,12-13H,1-5,11H2,(H,23,24). The molecule has 0 atom stereocenters. The number of rotatable bonds is 5. The summed E-state index contributed by atoms with van der Waals surface area (Å²) in [6.07, 6.45) is 1.39. The number of carbonyl (C=O) groups is 1. The Morgan fingerprint density at radius 3 is 2.46 bits per heavy atom. The normalized spacial score (nSPS) is 15.7. The molecule has 1 fully saturated rings. The van der Waals surface area contributed by atoms with E-state index in [2.05, 4.69) is 10.1 Å². The van der Waals surface area contributed by atoms with Crippen LogP contribution in [0.15, 0.2) is 35.7 Å². The highest BCUT2D eigenvalue weighted by Crippen LogP contribution is 2.29. The van der Waals surface area contributed by atoms with Crippen molar-refractivity contribution in [2.45, 2.75) is 38.5 Å². The van der Waals surface area contributed by atoms with Crippen molar-refractivity contribution >= 4 is 17.2 Å². The molecule has 1 saturated carbocycles. The van der Waals surface area contributed by atoms with Crippen molar-refractivity contribution in [3.8, 4) is 16.9 Å². The summed E-state index contributed by atoms with van der Waals surface area (Å²) in [5.41, 5.74) is 1.54. The first-order valence-electron chi connectivity index (χ1n) is 8.63. The summed E-state index contributed by atoms with van der Waals surface area (Å²) in [7, 11) is 0. The van der Waals surface area contributed by atoms with Crippen LogP contribution in [0.3, 0.4) is 0 Å². The summed E-state index contributed by atoms with van der Waals surface area (Å²) < 4.78 is 40.5. The predicted octanol–water partition coefficient (Wildman–Crippen LogP) is 5.62. The number of halogens is 3. The second-order valence-corrected chi connectivity index (χ2v) is 7.40. The van der Waals surface area contributed by atoms with Crippen molar-refractivity contribution in [2.24, 2.45) is 5.92 Å². The lowest BCUT2D eigenvalue weighted by Crippen LogP contribution is -2.29. The Labute approximate surface area is 154 Å². The molecule has 2 aromatic rings. The van der Waals surface area contributed by atoms with Crippen LogP contribution in [0.4, 0.5) is 13.2 Å². The Bertz CT molecular complexity index is 734. The molecule has 0 unspecified atom stereocenters. The zero-order chi connectivity index (χ0) is 18.6. The van der Waals surface area contributed by atoms with Crippen molar-refractivity contribution < 1.29 is 22.7 Å². The molecule has 1 aliphatic rings. The van der Waals surface area contributed by atoms with Crippen molar-refractivity contribution in [1.82, 2.24) is 5.32 Å². The Kier molecular flexibility index (Phi) is 5.86. The van der Waals surface area contributed by atoms with Gasteiger partial charge in [-0.15, -0.1) is 24.5 Å². The summed E-state index contributed by atoms with van der Waals surface area (Å²) in [6, 6.07) is 7.40. The van der Waals surface area contributed by atoms with E-state index in [1.165, 1.54) is 55.6 Å². The van der Waals surface area contributed by atoms with Crippen molar-refractivity contribution in [1.29, 1.82) is 0 Å². The summed E-state index contributed by atoms with van der Waals surface area (Å²) in [5.74, 6) is 0.207.